The molecule has 0 aliphatic heterocycles. The molecular weight excluding hydrogens is 280 g/mol. The highest BCUT2D eigenvalue weighted by atomic mass is 16.4. The minimum Gasteiger partial charge on any atom is -0.479 e. The molecule has 1 aromatic rings. The Labute approximate surface area is 121 Å². The van der Waals surface area contributed by atoms with E-state index >= 15 is 0 Å². The van der Waals surface area contributed by atoms with E-state index in [1.807, 2.05) is 0 Å². The fourth-order valence-electron chi connectivity index (χ4n) is 1.51. The van der Waals surface area contributed by atoms with Gasteiger partial charge in [0.2, 0.25) is 5.91 Å². The largest absolute Gasteiger partial charge is 0.479 e. The monoisotopic (exact) mass is 298 g/mol. The highest BCUT2D eigenvalue weighted by molar-refractivity contribution is 5.91. The Hall–Kier alpha value is -2.35. The Kier molecular flexibility index (Phi) is 6.96. The highest BCUT2D eigenvalue weighted by Crippen LogP contribution is 1.99. The molecule has 1 atom stereocenters. The number of hydrogen-bond donors (Lipinski definition) is 4. The van der Waals surface area contributed by atoms with Gasteiger partial charge in [0, 0.05) is 25.9 Å². The van der Waals surface area contributed by atoms with Gasteiger partial charge in [-0.05, 0) is 18.6 Å². The van der Waals surface area contributed by atoms with Crippen molar-refractivity contribution in [3.63, 3.8) is 0 Å². The Morgan fingerprint density at radius 1 is 1.24 bits per heavy atom. The number of amides is 2. The molecule has 0 saturated heterocycles. The van der Waals surface area contributed by atoms with Crippen molar-refractivity contribution in [1.29, 1.82) is 0 Å². The quantitative estimate of drug-likeness (QED) is 0.465. The third kappa shape index (κ3) is 6.57. The topological polar surface area (TPSA) is 129 Å². The lowest BCUT2D eigenvalue weighted by Gasteiger charge is -2.07. The van der Waals surface area contributed by atoms with E-state index in [4.69, 9.17) is 14.6 Å². The average Bonchev–Trinajstić information content (AvgIpc) is 2.97. The third-order valence-corrected chi connectivity index (χ3v) is 2.64. The number of aliphatic hydroxyl groups is 1. The van der Waals surface area contributed by atoms with Gasteiger partial charge in [-0.25, -0.2) is 4.79 Å². The van der Waals surface area contributed by atoms with Crippen molar-refractivity contribution in [2.75, 3.05) is 13.1 Å². The summed E-state index contributed by atoms with van der Waals surface area (Å²) in [5.41, 5.74) is 0. The number of rotatable bonds is 9. The van der Waals surface area contributed by atoms with E-state index in [9.17, 15) is 14.4 Å². The van der Waals surface area contributed by atoms with Crippen LogP contribution >= 0.6 is 0 Å². The van der Waals surface area contributed by atoms with Crippen LogP contribution in [0.25, 0.3) is 0 Å². The first-order valence-corrected chi connectivity index (χ1v) is 6.50. The van der Waals surface area contributed by atoms with E-state index in [0.717, 1.165) is 0 Å². The second kappa shape index (κ2) is 8.75. The maximum absolute atomic E-state index is 11.5. The van der Waals surface area contributed by atoms with E-state index in [1.54, 1.807) is 6.07 Å². The van der Waals surface area contributed by atoms with Gasteiger partial charge in [-0.15, -0.1) is 0 Å². The molecule has 1 aromatic heterocycles. The van der Waals surface area contributed by atoms with Crippen LogP contribution in [0.4, 0.5) is 0 Å². The number of hydrogen-bond acceptors (Lipinski definition) is 5. The first-order chi connectivity index (χ1) is 10.0. The van der Waals surface area contributed by atoms with Gasteiger partial charge in [-0.2, -0.15) is 0 Å². The lowest BCUT2D eigenvalue weighted by Crippen LogP contribution is -2.31. The number of aliphatic carboxylic acids is 1. The van der Waals surface area contributed by atoms with Crippen LogP contribution in [0.2, 0.25) is 0 Å². The minimum absolute atomic E-state index is 0.0453. The summed E-state index contributed by atoms with van der Waals surface area (Å²) in [6, 6.07) is 3.14. The van der Waals surface area contributed by atoms with Gasteiger partial charge in [0.25, 0.3) is 5.91 Å². The molecule has 0 saturated carbocycles. The third-order valence-electron chi connectivity index (χ3n) is 2.64. The Bertz CT molecular complexity index is 471. The van der Waals surface area contributed by atoms with Gasteiger partial charge >= 0.3 is 5.97 Å². The molecule has 21 heavy (non-hydrogen) atoms. The van der Waals surface area contributed by atoms with Gasteiger partial charge in [0.15, 0.2) is 11.9 Å². The number of nitrogens with one attached hydrogen (secondary N) is 2. The Balaban J connectivity index is 2.06. The van der Waals surface area contributed by atoms with Crippen LogP contribution < -0.4 is 10.6 Å². The smallest absolute Gasteiger partial charge is 0.332 e. The van der Waals surface area contributed by atoms with Gasteiger partial charge in [0.05, 0.1) is 6.26 Å². The summed E-state index contributed by atoms with van der Waals surface area (Å²) < 4.78 is 4.91. The molecule has 8 nitrogen and oxygen atoms in total. The van der Waals surface area contributed by atoms with E-state index in [1.165, 1.54) is 12.3 Å². The molecule has 0 aromatic carbocycles. The molecular formula is C13H18N2O6. The molecule has 0 bridgehead atoms. The van der Waals surface area contributed by atoms with Crippen LogP contribution in [0.15, 0.2) is 22.8 Å². The number of aliphatic hydroxyl groups excluding tert-OH is 1. The number of carboxylic acid groups (broad SMARTS) is 1. The fourth-order valence-corrected chi connectivity index (χ4v) is 1.51. The summed E-state index contributed by atoms with van der Waals surface area (Å²) in [4.78, 5) is 33.2. The minimum atomic E-state index is -1.47. The standard InChI is InChI=1S/C13H18N2O6/c16-9(13(19)20)5-7-14-11(17)4-1-6-15-12(18)10-3-2-8-21-10/h2-3,8-9,16H,1,4-7H2,(H,14,17)(H,15,18)(H,19,20)/t9-/m0/s1. The lowest BCUT2D eigenvalue weighted by atomic mass is 10.2. The fraction of sp³-hybridized carbons (Fsp3) is 0.462. The number of carbonyl (C=O) groups excluding carboxylic acids is 2. The zero-order valence-corrected chi connectivity index (χ0v) is 11.4. The molecule has 0 unspecified atom stereocenters. The number of carboxylic acids is 1. The zero-order chi connectivity index (χ0) is 15.7. The van der Waals surface area contributed by atoms with Gasteiger partial charge in [-0.1, -0.05) is 0 Å². The van der Waals surface area contributed by atoms with E-state index in [0.29, 0.717) is 13.0 Å². The van der Waals surface area contributed by atoms with E-state index < -0.39 is 12.1 Å². The first kappa shape index (κ1) is 16.7. The van der Waals surface area contributed by atoms with Crippen molar-refractivity contribution < 1.29 is 29.0 Å². The predicted octanol–water partition coefficient (Wildman–Crippen LogP) is -0.259. The molecule has 0 aliphatic carbocycles. The molecule has 0 spiro atoms. The zero-order valence-electron chi connectivity index (χ0n) is 11.4. The maximum atomic E-state index is 11.5. The second-order valence-corrected chi connectivity index (χ2v) is 4.33. The van der Waals surface area contributed by atoms with E-state index in [-0.39, 0.29) is 37.0 Å². The maximum Gasteiger partial charge on any atom is 0.332 e. The van der Waals surface area contributed by atoms with Crippen LogP contribution in [0.3, 0.4) is 0 Å². The van der Waals surface area contributed by atoms with Gasteiger partial charge in [-0.3, -0.25) is 9.59 Å². The number of furan rings is 1. The molecule has 0 radical (unpaired) electrons. The molecule has 2 amide bonds. The molecule has 1 heterocycles. The molecule has 0 aliphatic rings. The summed E-state index contributed by atoms with van der Waals surface area (Å²) in [5.74, 6) is -1.71. The number of carbonyl (C=O) groups is 3. The summed E-state index contributed by atoms with van der Waals surface area (Å²) in [6.45, 7) is 0.412. The predicted molar refractivity (Wildman–Crippen MR) is 71.5 cm³/mol. The van der Waals surface area contributed by atoms with Crippen LogP contribution in [0.1, 0.15) is 29.8 Å². The first-order valence-electron chi connectivity index (χ1n) is 6.50. The SMILES string of the molecule is O=C(CCCNC(=O)c1ccco1)NCC[C@H](O)C(=O)O. The Morgan fingerprint density at radius 3 is 2.62 bits per heavy atom. The molecule has 8 heteroatoms. The highest BCUT2D eigenvalue weighted by Gasteiger charge is 2.13. The molecule has 116 valence electrons. The Morgan fingerprint density at radius 2 is 2.00 bits per heavy atom. The summed E-state index contributed by atoms with van der Waals surface area (Å²) in [5, 5.41) is 22.5. The lowest BCUT2D eigenvalue weighted by molar-refractivity contribution is -0.147. The summed E-state index contributed by atoms with van der Waals surface area (Å²) >= 11 is 0. The van der Waals surface area contributed by atoms with Crippen molar-refractivity contribution in [3.05, 3.63) is 24.2 Å². The van der Waals surface area contributed by atoms with Gasteiger partial charge in [0.1, 0.15) is 0 Å². The summed E-state index contributed by atoms with van der Waals surface area (Å²) in [6.07, 6.45) is 0.517. The molecule has 4 N–H and O–H groups in total. The van der Waals surface area contributed by atoms with Crippen molar-refractivity contribution in [1.82, 2.24) is 10.6 Å². The summed E-state index contributed by atoms with van der Waals surface area (Å²) in [7, 11) is 0. The van der Waals surface area contributed by atoms with Crippen molar-refractivity contribution >= 4 is 17.8 Å². The second-order valence-electron chi connectivity index (χ2n) is 4.33. The molecule has 0 fully saturated rings. The van der Waals surface area contributed by atoms with Gasteiger partial charge < -0.3 is 25.3 Å². The van der Waals surface area contributed by atoms with Crippen molar-refractivity contribution in [2.45, 2.75) is 25.4 Å². The van der Waals surface area contributed by atoms with Crippen molar-refractivity contribution in [3.8, 4) is 0 Å². The van der Waals surface area contributed by atoms with E-state index in [2.05, 4.69) is 10.6 Å². The average molecular weight is 298 g/mol. The van der Waals surface area contributed by atoms with Crippen LogP contribution in [-0.4, -0.2) is 47.2 Å². The van der Waals surface area contributed by atoms with Crippen LogP contribution in [-0.2, 0) is 9.59 Å². The normalized spacial score (nSPS) is 11.7. The van der Waals surface area contributed by atoms with Crippen LogP contribution in [0, 0.1) is 0 Å². The van der Waals surface area contributed by atoms with Crippen LogP contribution in [0.5, 0.6) is 0 Å². The molecule has 1 rings (SSSR count). The van der Waals surface area contributed by atoms with Crippen molar-refractivity contribution in [2.24, 2.45) is 0 Å².